The largest absolute Gasteiger partial charge is 0.508 e. The van der Waals surface area contributed by atoms with Gasteiger partial charge in [-0.15, -0.1) is 0 Å². The van der Waals surface area contributed by atoms with Crippen LogP contribution >= 0.6 is 0 Å². The van der Waals surface area contributed by atoms with Gasteiger partial charge in [-0.25, -0.2) is 0 Å². The smallest absolute Gasteiger partial charge is 0.203 e. The second-order valence-electron chi connectivity index (χ2n) is 8.16. The van der Waals surface area contributed by atoms with Crippen LogP contribution in [0.15, 0.2) is 30.3 Å². The van der Waals surface area contributed by atoms with Gasteiger partial charge in [-0.3, -0.25) is 14.6 Å². The summed E-state index contributed by atoms with van der Waals surface area (Å²) in [6, 6.07) is 9.42. The maximum Gasteiger partial charge on any atom is 0.203 e. The minimum Gasteiger partial charge on any atom is -0.508 e. The second kappa shape index (κ2) is 9.16. The van der Waals surface area contributed by atoms with Crippen molar-refractivity contribution >= 4 is 5.78 Å². The number of benzene rings is 2. The van der Waals surface area contributed by atoms with Crippen molar-refractivity contribution in [1.82, 2.24) is 9.80 Å². The molecule has 7 nitrogen and oxygen atoms in total. The molecule has 1 atom stereocenters. The van der Waals surface area contributed by atoms with Gasteiger partial charge in [0.05, 0.1) is 21.3 Å². The van der Waals surface area contributed by atoms with E-state index in [-0.39, 0.29) is 17.6 Å². The summed E-state index contributed by atoms with van der Waals surface area (Å²) in [6.07, 6.45) is 0.983. The number of carbonyl (C=O) groups is 1. The van der Waals surface area contributed by atoms with Crippen molar-refractivity contribution < 1.29 is 24.1 Å². The van der Waals surface area contributed by atoms with E-state index in [1.165, 1.54) is 0 Å². The van der Waals surface area contributed by atoms with Crippen molar-refractivity contribution in [1.29, 1.82) is 0 Å². The molecule has 2 aromatic rings. The number of phenols is 1. The van der Waals surface area contributed by atoms with Gasteiger partial charge >= 0.3 is 0 Å². The molecule has 1 heterocycles. The molecule has 2 aliphatic rings. The SMILES string of the molecule is COc1cc(CN2CCN(C3CC(=O)Cc4ccc(O)cc43)CC2)cc(OC)c1OC. The molecule has 166 valence electrons. The lowest BCUT2D eigenvalue weighted by Crippen LogP contribution is -2.48. The number of fused-ring (bicyclic) bond motifs is 1. The molecule has 1 fully saturated rings. The highest BCUT2D eigenvalue weighted by Gasteiger charge is 2.32. The molecule has 1 saturated heterocycles. The van der Waals surface area contributed by atoms with Gasteiger partial charge in [-0.05, 0) is 41.0 Å². The van der Waals surface area contributed by atoms with E-state index in [4.69, 9.17) is 14.2 Å². The Kier molecular flexibility index (Phi) is 6.34. The van der Waals surface area contributed by atoms with Gasteiger partial charge in [-0.2, -0.15) is 0 Å². The summed E-state index contributed by atoms with van der Waals surface area (Å²) in [5.74, 6) is 2.45. The number of nitrogens with zero attached hydrogens (tertiary/aromatic N) is 2. The summed E-state index contributed by atoms with van der Waals surface area (Å²) in [6.45, 7) is 4.32. The molecule has 0 bridgehead atoms. The summed E-state index contributed by atoms with van der Waals surface area (Å²) in [5, 5.41) is 9.96. The topological polar surface area (TPSA) is 71.5 Å². The average Bonchev–Trinajstić information content (AvgIpc) is 2.78. The Morgan fingerprint density at radius 1 is 0.968 bits per heavy atom. The minimum absolute atomic E-state index is 0.0478. The number of methoxy groups -OCH3 is 3. The highest BCUT2D eigenvalue weighted by atomic mass is 16.5. The van der Waals surface area contributed by atoms with Crippen LogP contribution in [0.2, 0.25) is 0 Å². The van der Waals surface area contributed by atoms with Crippen molar-refractivity contribution in [3.05, 3.63) is 47.0 Å². The monoisotopic (exact) mass is 426 g/mol. The van der Waals surface area contributed by atoms with Gasteiger partial charge in [0.25, 0.3) is 0 Å². The quantitative estimate of drug-likeness (QED) is 0.762. The number of ketones is 1. The lowest BCUT2D eigenvalue weighted by atomic mass is 9.85. The summed E-state index contributed by atoms with van der Waals surface area (Å²) >= 11 is 0. The predicted octanol–water partition coefficient (Wildman–Crippen LogP) is 2.79. The van der Waals surface area contributed by atoms with Crippen LogP contribution in [-0.4, -0.2) is 68.2 Å². The highest BCUT2D eigenvalue weighted by Crippen LogP contribution is 2.39. The first kappa shape index (κ1) is 21.5. The maximum atomic E-state index is 12.3. The van der Waals surface area contributed by atoms with Crippen LogP contribution in [-0.2, 0) is 17.8 Å². The molecule has 0 amide bonds. The summed E-state index contributed by atoms with van der Waals surface area (Å²) in [7, 11) is 4.86. The Hall–Kier alpha value is -2.77. The molecule has 4 rings (SSSR count). The van der Waals surface area contributed by atoms with Gasteiger partial charge in [0.1, 0.15) is 11.5 Å². The third-order valence-electron chi connectivity index (χ3n) is 6.28. The Morgan fingerprint density at radius 3 is 2.26 bits per heavy atom. The van der Waals surface area contributed by atoms with E-state index >= 15 is 0 Å². The zero-order chi connectivity index (χ0) is 22.0. The van der Waals surface area contributed by atoms with E-state index in [1.54, 1.807) is 27.4 Å². The van der Waals surface area contributed by atoms with E-state index in [2.05, 4.69) is 9.80 Å². The van der Waals surface area contributed by atoms with Gasteiger partial charge < -0.3 is 19.3 Å². The second-order valence-corrected chi connectivity index (χ2v) is 8.16. The number of carbonyl (C=O) groups excluding carboxylic acids is 1. The lowest BCUT2D eigenvalue weighted by Gasteiger charge is -2.41. The number of hydrogen-bond donors (Lipinski definition) is 1. The van der Waals surface area contributed by atoms with E-state index in [1.807, 2.05) is 24.3 Å². The van der Waals surface area contributed by atoms with Crippen molar-refractivity contribution in [2.75, 3.05) is 47.5 Å². The number of Topliss-reactive ketones (excluding diaryl/α,β-unsaturated/α-hetero) is 1. The molecule has 31 heavy (non-hydrogen) atoms. The Bertz CT molecular complexity index is 928. The van der Waals surface area contributed by atoms with Crippen molar-refractivity contribution in [3.8, 4) is 23.0 Å². The first-order valence-electron chi connectivity index (χ1n) is 10.6. The van der Waals surface area contributed by atoms with Crippen molar-refractivity contribution in [3.63, 3.8) is 0 Å². The van der Waals surface area contributed by atoms with Crippen LogP contribution in [0, 0.1) is 0 Å². The predicted molar refractivity (Wildman–Crippen MR) is 117 cm³/mol. The number of hydrogen-bond acceptors (Lipinski definition) is 7. The van der Waals surface area contributed by atoms with Gasteiger partial charge in [0.2, 0.25) is 5.75 Å². The van der Waals surface area contributed by atoms with Gasteiger partial charge in [-0.1, -0.05) is 6.07 Å². The molecular weight excluding hydrogens is 396 g/mol. The minimum atomic E-state index is 0.0478. The summed E-state index contributed by atoms with van der Waals surface area (Å²) in [5.41, 5.74) is 3.24. The molecule has 0 aromatic heterocycles. The summed E-state index contributed by atoms with van der Waals surface area (Å²) < 4.78 is 16.4. The first-order chi connectivity index (χ1) is 15.0. The number of rotatable bonds is 6. The molecule has 0 saturated carbocycles. The molecule has 2 aromatic carbocycles. The van der Waals surface area contributed by atoms with E-state index in [0.29, 0.717) is 30.1 Å². The fourth-order valence-corrected chi connectivity index (χ4v) is 4.71. The number of piperazine rings is 1. The third-order valence-corrected chi connectivity index (χ3v) is 6.28. The molecule has 0 radical (unpaired) electrons. The number of phenolic OH excluding ortho intramolecular Hbond substituents is 1. The molecule has 1 aliphatic heterocycles. The van der Waals surface area contributed by atoms with Crippen LogP contribution < -0.4 is 14.2 Å². The normalized spacial score (nSPS) is 19.7. The van der Waals surface area contributed by atoms with Crippen LogP contribution in [0.3, 0.4) is 0 Å². The highest BCUT2D eigenvalue weighted by molar-refractivity contribution is 5.84. The summed E-state index contributed by atoms with van der Waals surface area (Å²) in [4.78, 5) is 17.1. The Balaban J connectivity index is 1.44. The zero-order valence-corrected chi connectivity index (χ0v) is 18.4. The number of ether oxygens (including phenoxy) is 3. The Labute approximate surface area is 183 Å². The number of aromatic hydroxyl groups is 1. The lowest BCUT2D eigenvalue weighted by molar-refractivity contribution is -0.120. The van der Waals surface area contributed by atoms with Crippen LogP contribution in [0.5, 0.6) is 23.0 Å². The fraction of sp³-hybridized carbons (Fsp3) is 0.458. The van der Waals surface area contributed by atoms with Gasteiger partial charge in [0, 0.05) is 51.6 Å². The van der Waals surface area contributed by atoms with Crippen molar-refractivity contribution in [2.24, 2.45) is 0 Å². The zero-order valence-electron chi connectivity index (χ0n) is 18.4. The average molecular weight is 427 g/mol. The van der Waals surface area contributed by atoms with Crippen LogP contribution in [0.1, 0.15) is 29.2 Å². The maximum absolute atomic E-state index is 12.3. The van der Waals surface area contributed by atoms with E-state index in [0.717, 1.165) is 49.4 Å². The Morgan fingerprint density at radius 2 is 1.65 bits per heavy atom. The standard InChI is InChI=1S/C24H30N2O5/c1-29-22-10-16(11-23(30-2)24(22)31-3)15-25-6-8-26(9-7-25)21-14-19(28)12-17-4-5-18(27)13-20(17)21/h4-5,10-11,13,21,27H,6-9,12,14-15H2,1-3H3. The van der Waals surface area contributed by atoms with E-state index in [9.17, 15) is 9.90 Å². The molecule has 1 unspecified atom stereocenters. The molecule has 0 spiro atoms. The third kappa shape index (κ3) is 4.48. The fourth-order valence-electron chi connectivity index (χ4n) is 4.71. The molecule has 1 aliphatic carbocycles. The van der Waals surface area contributed by atoms with Crippen molar-refractivity contribution in [2.45, 2.75) is 25.4 Å². The van der Waals surface area contributed by atoms with Crippen LogP contribution in [0.25, 0.3) is 0 Å². The van der Waals surface area contributed by atoms with Crippen LogP contribution in [0.4, 0.5) is 0 Å². The first-order valence-corrected chi connectivity index (χ1v) is 10.6. The molecular formula is C24H30N2O5. The molecule has 1 N–H and O–H groups in total. The van der Waals surface area contributed by atoms with Gasteiger partial charge in [0.15, 0.2) is 11.5 Å². The molecule has 7 heteroatoms. The van der Waals surface area contributed by atoms with E-state index < -0.39 is 0 Å².